The molecule has 1 aromatic rings. The van der Waals surface area contributed by atoms with Gasteiger partial charge in [-0.3, -0.25) is 4.98 Å². The first-order valence-electron chi connectivity index (χ1n) is 4.36. The van der Waals surface area contributed by atoms with Gasteiger partial charge in [0.2, 0.25) is 0 Å². The van der Waals surface area contributed by atoms with Gasteiger partial charge in [-0.15, -0.1) is 12.4 Å². The van der Waals surface area contributed by atoms with Crippen molar-refractivity contribution >= 4 is 29.7 Å². The van der Waals surface area contributed by atoms with Gasteiger partial charge in [-0.1, -0.05) is 0 Å². The van der Waals surface area contributed by atoms with Crippen molar-refractivity contribution in [3.8, 4) is 5.75 Å². The third-order valence-electron chi connectivity index (χ3n) is 2.04. The Kier molecular flexibility index (Phi) is 6.02. The lowest BCUT2D eigenvalue weighted by Gasteiger charge is -2.11. The van der Waals surface area contributed by atoms with Crippen LogP contribution in [-0.2, 0) is 13.2 Å². The molecule has 0 atom stereocenters. The van der Waals surface area contributed by atoms with Crippen LogP contribution < -0.4 is 11.1 Å². The van der Waals surface area contributed by atoms with E-state index in [0.29, 0.717) is 23.4 Å². The van der Waals surface area contributed by atoms with E-state index < -0.39 is 0 Å². The lowest BCUT2D eigenvalue weighted by molar-refractivity contribution is 0.273. The lowest BCUT2D eigenvalue weighted by atomic mass is 10.1. The van der Waals surface area contributed by atoms with Crippen LogP contribution in [0.4, 0.5) is 0 Å². The Morgan fingerprint density at radius 3 is 2.75 bits per heavy atom. The van der Waals surface area contributed by atoms with Crippen molar-refractivity contribution in [1.82, 2.24) is 10.3 Å². The predicted molar refractivity (Wildman–Crippen MR) is 67.4 cm³/mol. The third-order valence-corrected chi connectivity index (χ3v) is 2.19. The van der Waals surface area contributed by atoms with E-state index in [1.807, 2.05) is 0 Å². The highest BCUT2D eigenvalue weighted by Crippen LogP contribution is 2.23. The summed E-state index contributed by atoms with van der Waals surface area (Å²) >= 11 is 4.65. The van der Waals surface area contributed by atoms with Crippen LogP contribution in [-0.4, -0.2) is 20.3 Å². The molecule has 1 heterocycles. The Bertz CT molecular complexity index is 387. The number of aromatic hydroxyl groups is 1. The van der Waals surface area contributed by atoms with Gasteiger partial charge in [0.05, 0.1) is 12.3 Å². The Balaban J connectivity index is 0.00000225. The van der Waals surface area contributed by atoms with E-state index in [1.165, 1.54) is 0 Å². The Labute approximate surface area is 105 Å². The maximum Gasteiger partial charge on any atom is 0.163 e. The Morgan fingerprint density at radius 1 is 1.62 bits per heavy atom. The van der Waals surface area contributed by atoms with Crippen molar-refractivity contribution in [2.24, 2.45) is 5.73 Å². The summed E-state index contributed by atoms with van der Waals surface area (Å²) in [5, 5.41) is 21.6. The Morgan fingerprint density at radius 2 is 2.25 bits per heavy atom. The molecule has 0 aliphatic rings. The number of nitrogens with one attached hydrogen (secondary N) is 1. The summed E-state index contributed by atoms with van der Waals surface area (Å²) in [5.41, 5.74) is 6.88. The smallest absolute Gasteiger partial charge is 0.163 e. The molecule has 0 saturated heterocycles. The van der Waals surface area contributed by atoms with Crippen LogP contribution in [0, 0.1) is 6.92 Å². The maximum atomic E-state index is 9.63. The average Bonchev–Trinajstić information content (AvgIpc) is 2.19. The highest BCUT2D eigenvalue weighted by Gasteiger charge is 2.10. The van der Waals surface area contributed by atoms with Crippen LogP contribution in [0.15, 0.2) is 6.20 Å². The summed E-state index contributed by atoms with van der Waals surface area (Å²) in [6.07, 6.45) is 1.58. The van der Waals surface area contributed by atoms with Crippen molar-refractivity contribution in [2.45, 2.75) is 20.1 Å². The molecular formula is C9H14ClN3O2S. The number of aromatic nitrogens is 1. The van der Waals surface area contributed by atoms with Gasteiger partial charge in [0.15, 0.2) is 5.11 Å². The fourth-order valence-electron chi connectivity index (χ4n) is 1.20. The van der Waals surface area contributed by atoms with E-state index in [2.05, 4.69) is 22.5 Å². The largest absolute Gasteiger partial charge is 0.506 e. The van der Waals surface area contributed by atoms with Gasteiger partial charge in [-0.25, -0.2) is 0 Å². The molecular weight excluding hydrogens is 250 g/mol. The minimum absolute atomic E-state index is 0. The number of hydrogen-bond acceptors (Lipinski definition) is 4. The third kappa shape index (κ3) is 3.48. The molecule has 0 spiro atoms. The normalized spacial score (nSPS) is 9.38. The molecule has 5 N–H and O–H groups in total. The highest BCUT2D eigenvalue weighted by molar-refractivity contribution is 7.80. The SMILES string of the molecule is Cc1ncc(CNC(N)=S)c(CO)c1O.Cl. The van der Waals surface area contributed by atoms with Crippen molar-refractivity contribution in [3.63, 3.8) is 0 Å². The van der Waals surface area contributed by atoms with E-state index in [4.69, 9.17) is 10.8 Å². The topological polar surface area (TPSA) is 91.4 Å². The van der Waals surface area contributed by atoms with Crippen LogP contribution in [0.25, 0.3) is 0 Å². The summed E-state index contributed by atoms with van der Waals surface area (Å²) in [6.45, 7) is 1.76. The van der Waals surface area contributed by atoms with Crippen LogP contribution >= 0.6 is 24.6 Å². The van der Waals surface area contributed by atoms with Crippen molar-refractivity contribution in [2.75, 3.05) is 0 Å². The monoisotopic (exact) mass is 263 g/mol. The van der Waals surface area contributed by atoms with E-state index in [1.54, 1.807) is 13.1 Å². The second kappa shape index (κ2) is 6.47. The van der Waals surface area contributed by atoms with Crippen molar-refractivity contribution < 1.29 is 10.2 Å². The molecule has 0 bridgehead atoms. The van der Waals surface area contributed by atoms with Crippen LogP contribution in [0.1, 0.15) is 16.8 Å². The maximum absolute atomic E-state index is 9.63. The van der Waals surface area contributed by atoms with Gasteiger partial charge in [0.25, 0.3) is 0 Å². The second-order valence-electron chi connectivity index (χ2n) is 3.07. The van der Waals surface area contributed by atoms with Gasteiger partial charge in [-0.05, 0) is 24.7 Å². The molecule has 0 unspecified atom stereocenters. The number of hydrogen-bond donors (Lipinski definition) is 4. The fourth-order valence-corrected chi connectivity index (χ4v) is 1.27. The number of aliphatic hydroxyl groups is 1. The highest BCUT2D eigenvalue weighted by atomic mass is 35.5. The molecule has 0 radical (unpaired) electrons. The van der Waals surface area contributed by atoms with E-state index in [0.717, 1.165) is 0 Å². The molecule has 1 aromatic heterocycles. The summed E-state index contributed by atoms with van der Waals surface area (Å²) in [4.78, 5) is 3.98. The number of nitrogens with two attached hydrogens (primary N) is 1. The lowest BCUT2D eigenvalue weighted by Crippen LogP contribution is -2.28. The molecule has 90 valence electrons. The molecule has 0 fully saturated rings. The fraction of sp³-hybridized carbons (Fsp3) is 0.333. The standard InChI is InChI=1S/C9H13N3O2S.ClH/c1-5-8(14)7(4-13)6(2-11-5)3-12-9(10)15;/h2,13-14H,3-4H2,1H3,(H3,10,12,15);1H. The number of aryl methyl sites for hydroxylation is 1. The zero-order valence-corrected chi connectivity index (χ0v) is 10.4. The number of halogens is 1. The summed E-state index contributed by atoms with van der Waals surface area (Å²) in [7, 11) is 0. The quantitative estimate of drug-likeness (QED) is 0.588. The van der Waals surface area contributed by atoms with E-state index in [-0.39, 0.29) is 29.9 Å². The summed E-state index contributed by atoms with van der Waals surface area (Å²) < 4.78 is 0. The minimum atomic E-state index is -0.246. The van der Waals surface area contributed by atoms with Crippen molar-refractivity contribution in [1.29, 1.82) is 0 Å². The number of rotatable bonds is 3. The van der Waals surface area contributed by atoms with Gasteiger partial charge < -0.3 is 21.3 Å². The zero-order chi connectivity index (χ0) is 11.4. The molecule has 0 aliphatic carbocycles. The second-order valence-corrected chi connectivity index (χ2v) is 3.51. The first-order valence-corrected chi connectivity index (χ1v) is 4.77. The van der Waals surface area contributed by atoms with Gasteiger partial charge in [-0.2, -0.15) is 0 Å². The molecule has 1 rings (SSSR count). The average molecular weight is 264 g/mol. The molecule has 5 nitrogen and oxygen atoms in total. The first-order chi connectivity index (χ1) is 7.06. The van der Waals surface area contributed by atoms with Crippen LogP contribution in [0.3, 0.4) is 0 Å². The molecule has 7 heteroatoms. The first kappa shape index (κ1) is 14.9. The number of nitrogens with zero attached hydrogens (tertiary/aromatic N) is 1. The zero-order valence-electron chi connectivity index (χ0n) is 8.73. The van der Waals surface area contributed by atoms with Gasteiger partial charge in [0, 0.05) is 18.3 Å². The van der Waals surface area contributed by atoms with Gasteiger partial charge in [0.1, 0.15) is 5.75 Å². The minimum Gasteiger partial charge on any atom is -0.506 e. The number of aliphatic hydroxyl groups excluding tert-OH is 1. The molecule has 16 heavy (non-hydrogen) atoms. The summed E-state index contributed by atoms with van der Waals surface area (Å²) in [6, 6.07) is 0. The Hall–Kier alpha value is -1.11. The molecule has 0 aliphatic heterocycles. The van der Waals surface area contributed by atoms with Gasteiger partial charge >= 0.3 is 0 Å². The summed E-state index contributed by atoms with van der Waals surface area (Å²) in [5.74, 6) is 0.0136. The molecule has 0 aromatic carbocycles. The number of thiocarbonyl (C=S) groups is 1. The number of pyridine rings is 1. The van der Waals surface area contributed by atoms with E-state index >= 15 is 0 Å². The molecule has 0 saturated carbocycles. The van der Waals surface area contributed by atoms with Crippen molar-refractivity contribution in [3.05, 3.63) is 23.0 Å². The van der Waals surface area contributed by atoms with Crippen LogP contribution in [0.2, 0.25) is 0 Å². The van der Waals surface area contributed by atoms with Crippen LogP contribution in [0.5, 0.6) is 5.75 Å². The molecule has 0 amide bonds. The predicted octanol–water partition coefficient (Wildman–Crippen LogP) is 0.343. The van der Waals surface area contributed by atoms with E-state index in [9.17, 15) is 5.11 Å².